The van der Waals surface area contributed by atoms with Crippen LogP contribution in [0.2, 0.25) is 0 Å². The van der Waals surface area contributed by atoms with Crippen molar-refractivity contribution in [3.8, 4) is 0 Å². The normalized spacial score (nSPS) is 18.5. The van der Waals surface area contributed by atoms with Gasteiger partial charge in [-0.1, -0.05) is 0 Å². The highest BCUT2D eigenvalue weighted by Crippen LogP contribution is 2.18. The number of hydrogen-bond donors (Lipinski definition) is 2. The molecule has 2 N–H and O–H groups in total. The van der Waals surface area contributed by atoms with Gasteiger partial charge in [0.2, 0.25) is 5.91 Å². The Labute approximate surface area is 133 Å². The monoisotopic (exact) mass is 396 g/mol. The van der Waals surface area contributed by atoms with Crippen LogP contribution in [0.1, 0.15) is 12.0 Å². The molecule has 1 saturated heterocycles. The third kappa shape index (κ3) is 5.25. The predicted molar refractivity (Wildman–Crippen MR) is 87.0 cm³/mol. The minimum Gasteiger partial charge on any atom is -0.378 e. The molecular formula is C13H18ClIN2O2. The van der Waals surface area contributed by atoms with Crippen molar-refractivity contribution in [2.75, 3.05) is 25.1 Å². The number of aryl methyl sites for hydroxylation is 1. The molecule has 1 aromatic carbocycles. The molecule has 1 aliphatic rings. The number of rotatable bonds is 3. The fourth-order valence-electron chi connectivity index (χ4n) is 1.94. The lowest BCUT2D eigenvalue weighted by Crippen LogP contribution is -2.43. The Hall–Kier alpha value is -0.370. The molecular weight excluding hydrogens is 379 g/mol. The summed E-state index contributed by atoms with van der Waals surface area (Å²) in [4.78, 5) is 11.9. The van der Waals surface area contributed by atoms with Crippen LogP contribution in [-0.2, 0) is 9.53 Å². The number of anilines is 1. The van der Waals surface area contributed by atoms with Crippen molar-refractivity contribution >= 4 is 46.6 Å². The molecule has 1 aliphatic heterocycles. The first-order valence-corrected chi connectivity index (χ1v) is 7.10. The average Bonchev–Trinajstić information content (AvgIpc) is 2.34. The van der Waals surface area contributed by atoms with E-state index in [1.54, 1.807) is 0 Å². The Morgan fingerprint density at radius 2 is 2.37 bits per heavy atom. The number of carbonyl (C=O) groups excluding carboxylic acids is 1. The number of halogens is 2. The van der Waals surface area contributed by atoms with Crippen LogP contribution in [0.4, 0.5) is 5.69 Å². The highest BCUT2D eigenvalue weighted by Gasteiger charge is 2.17. The second-order valence-electron chi connectivity index (χ2n) is 4.44. The molecule has 1 heterocycles. The number of carbonyl (C=O) groups is 1. The van der Waals surface area contributed by atoms with Crippen LogP contribution in [0.25, 0.3) is 0 Å². The van der Waals surface area contributed by atoms with E-state index in [1.807, 2.05) is 19.1 Å². The summed E-state index contributed by atoms with van der Waals surface area (Å²) in [6, 6.07) is 6.12. The maximum absolute atomic E-state index is 11.9. The van der Waals surface area contributed by atoms with E-state index in [4.69, 9.17) is 4.74 Å². The molecule has 0 aromatic heterocycles. The van der Waals surface area contributed by atoms with E-state index >= 15 is 0 Å². The van der Waals surface area contributed by atoms with Gasteiger partial charge in [-0.15, -0.1) is 12.4 Å². The predicted octanol–water partition coefficient (Wildman–Crippen LogP) is 2.34. The van der Waals surface area contributed by atoms with Crippen LogP contribution in [-0.4, -0.2) is 31.7 Å². The van der Waals surface area contributed by atoms with Crippen molar-refractivity contribution in [1.29, 1.82) is 0 Å². The van der Waals surface area contributed by atoms with E-state index in [0.717, 1.165) is 24.4 Å². The molecule has 1 amide bonds. The van der Waals surface area contributed by atoms with Crippen LogP contribution in [0.5, 0.6) is 0 Å². The van der Waals surface area contributed by atoms with Gasteiger partial charge in [0.15, 0.2) is 0 Å². The molecule has 106 valence electrons. The minimum absolute atomic E-state index is 0. The van der Waals surface area contributed by atoms with Gasteiger partial charge < -0.3 is 15.4 Å². The molecule has 0 saturated carbocycles. The van der Waals surface area contributed by atoms with Crippen LogP contribution in [0.15, 0.2) is 18.2 Å². The molecule has 6 heteroatoms. The van der Waals surface area contributed by atoms with E-state index < -0.39 is 0 Å². The molecule has 4 nitrogen and oxygen atoms in total. The molecule has 2 rings (SSSR count). The maximum Gasteiger partial charge on any atom is 0.226 e. The first kappa shape index (κ1) is 16.7. The van der Waals surface area contributed by atoms with Gasteiger partial charge in [-0.05, 0) is 53.3 Å². The SMILES string of the molecule is Cc1cc(I)ccc1NC(=O)CC1COCCN1.Cl. The molecule has 1 unspecified atom stereocenters. The zero-order valence-electron chi connectivity index (χ0n) is 10.7. The average molecular weight is 397 g/mol. The van der Waals surface area contributed by atoms with Crippen molar-refractivity contribution in [2.45, 2.75) is 19.4 Å². The molecule has 1 aromatic rings. The van der Waals surface area contributed by atoms with Crippen molar-refractivity contribution in [3.05, 3.63) is 27.3 Å². The van der Waals surface area contributed by atoms with E-state index in [1.165, 1.54) is 3.57 Å². The van der Waals surface area contributed by atoms with Gasteiger partial charge in [0.1, 0.15) is 0 Å². The summed E-state index contributed by atoms with van der Waals surface area (Å²) in [6.07, 6.45) is 0.450. The highest BCUT2D eigenvalue weighted by molar-refractivity contribution is 14.1. The highest BCUT2D eigenvalue weighted by atomic mass is 127. The fourth-order valence-corrected chi connectivity index (χ4v) is 2.59. The molecule has 0 bridgehead atoms. The Morgan fingerprint density at radius 1 is 1.58 bits per heavy atom. The van der Waals surface area contributed by atoms with Crippen LogP contribution in [0.3, 0.4) is 0 Å². The molecule has 19 heavy (non-hydrogen) atoms. The first-order chi connectivity index (χ1) is 8.65. The maximum atomic E-state index is 11.9. The van der Waals surface area contributed by atoms with Gasteiger partial charge in [-0.25, -0.2) is 0 Å². The van der Waals surface area contributed by atoms with E-state index in [0.29, 0.717) is 13.0 Å². The number of hydrogen-bond acceptors (Lipinski definition) is 3. The van der Waals surface area contributed by atoms with E-state index in [2.05, 4.69) is 39.3 Å². The topological polar surface area (TPSA) is 50.4 Å². The van der Waals surface area contributed by atoms with E-state index in [-0.39, 0.29) is 24.4 Å². The Balaban J connectivity index is 0.00000180. The summed E-state index contributed by atoms with van der Waals surface area (Å²) >= 11 is 2.26. The third-order valence-electron chi connectivity index (χ3n) is 2.89. The smallest absolute Gasteiger partial charge is 0.226 e. The molecule has 0 aliphatic carbocycles. The summed E-state index contributed by atoms with van der Waals surface area (Å²) in [5, 5.41) is 6.22. The Kier molecular flexibility index (Phi) is 7.06. The zero-order valence-corrected chi connectivity index (χ0v) is 13.7. The number of benzene rings is 1. The molecule has 0 radical (unpaired) electrons. The standard InChI is InChI=1S/C13H17IN2O2.ClH/c1-9-6-10(14)2-3-12(9)16-13(17)7-11-8-18-5-4-15-11;/h2-3,6,11,15H,4-5,7-8H2,1H3,(H,16,17);1H. The molecule has 1 fully saturated rings. The second-order valence-corrected chi connectivity index (χ2v) is 5.68. The summed E-state index contributed by atoms with van der Waals surface area (Å²) in [7, 11) is 0. The lowest BCUT2D eigenvalue weighted by Gasteiger charge is -2.23. The molecule has 0 spiro atoms. The number of ether oxygens (including phenoxy) is 1. The van der Waals surface area contributed by atoms with Gasteiger partial charge in [-0.3, -0.25) is 4.79 Å². The fraction of sp³-hybridized carbons (Fsp3) is 0.462. The quantitative estimate of drug-likeness (QED) is 0.771. The van der Waals surface area contributed by atoms with Crippen LogP contribution < -0.4 is 10.6 Å². The lowest BCUT2D eigenvalue weighted by atomic mass is 10.1. The zero-order chi connectivity index (χ0) is 13.0. The minimum atomic E-state index is 0. The van der Waals surface area contributed by atoms with Crippen molar-refractivity contribution in [1.82, 2.24) is 5.32 Å². The van der Waals surface area contributed by atoms with Crippen molar-refractivity contribution in [3.63, 3.8) is 0 Å². The number of amides is 1. The van der Waals surface area contributed by atoms with Gasteiger partial charge in [-0.2, -0.15) is 0 Å². The van der Waals surface area contributed by atoms with Gasteiger partial charge in [0.25, 0.3) is 0 Å². The Morgan fingerprint density at radius 3 is 3.00 bits per heavy atom. The van der Waals surface area contributed by atoms with Gasteiger partial charge in [0, 0.05) is 28.3 Å². The second kappa shape index (κ2) is 8.04. The van der Waals surface area contributed by atoms with E-state index in [9.17, 15) is 4.79 Å². The van der Waals surface area contributed by atoms with Crippen LogP contribution in [0, 0.1) is 10.5 Å². The summed E-state index contributed by atoms with van der Waals surface area (Å²) in [6.45, 7) is 4.16. The van der Waals surface area contributed by atoms with Crippen LogP contribution >= 0.6 is 35.0 Å². The van der Waals surface area contributed by atoms with Gasteiger partial charge >= 0.3 is 0 Å². The third-order valence-corrected chi connectivity index (χ3v) is 3.56. The molecule has 1 atom stereocenters. The number of morpholine rings is 1. The lowest BCUT2D eigenvalue weighted by molar-refractivity contribution is -0.117. The summed E-state index contributed by atoms with van der Waals surface area (Å²) in [5.41, 5.74) is 1.97. The number of nitrogens with one attached hydrogen (secondary N) is 2. The first-order valence-electron chi connectivity index (χ1n) is 6.02. The van der Waals surface area contributed by atoms with Crippen molar-refractivity contribution in [2.24, 2.45) is 0 Å². The van der Waals surface area contributed by atoms with Crippen molar-refractivity contribution < 1.29 is 9.53 Å². The summed E-state index contributed by atoms with van der Waals surface area (Å²) < 4.78 is 6.50. The Bertz CT molecular complexity index is 437. The van der Waals surface area contributed by atoms with Gasteiger partial charge in [0.05, 0.1) is 13.2 Å². The summed E-state index contributed by atoms with van der Waals surface area (Å²) in [5.74, 6) is 0.0299. The largest absolute Gasteiger partial charge is 0.378 e.